The maximum absolute atomic E-state index is 12.0. The van der Waals surface area contributed by atoms with E-state index in [0.717, 1.165) is 12.0 Å². The molecule has 7 nitrogen and oxygen atoms in total. The number of hydrogen-bond donors (Lipinski definition) is 1. The number of carbonyl (C=O) groups is 1. The van der Waals surface area contributed by atoms with Crippen LogP contribution in [0.1, 0.15) is 31.4 Å². The number of hydrogen-bond acceptors (Lipinski definition) is 4. The summed E-state index contributed by atoms with van der Waals surface area (Å²) < 4.78 is 1.40. The lowest BCUT2D eigenvalue weighted by molar-refractivity contribution is -0.389. The SMILES string of the molecule is CCC(NC(=O)CCn1ccc([N+](=O)[O-])n1)c1ccccc1. The van der Waals surface area contributed by atoms with Crippen molar-refractivity contribution in [1.82, 2.24) is 15.1 Å². The Labute approximate surface area is 128 Å². The van der Waals surface area contributed by atoms with Gasteiger partial charge in [-0.05, 0) is 16.9 Å². The average molecular weight is 302 g/mol. The third-order valence-corrected chi connectivity index (χ3v) is 3.33. The second-order valence-electron chi connectivity index (χ2n) is 4.88. The second kappa shape index (κ2) is 7.35. The first kappa shape index (κ1) is 15.7. The van der Waals surface area contributed by atoms with Crippen LogP contribution >= 0.6 is 0 Å². The van der Waals surface area contributed by atoms with Crippen LogP contribution in [0.15, 0.2) is 42.6 Å². The number of nitrogens with zero attached hydrogens (tertiary/aromatic N) is 3. The first-order valence-electron chi connectivity index (χ1n) is 7.12. The Kier molecular flexibility index (Phi) is 5.24. The van der Waals surface area contributed by atoms with Crippen LogP contribution in [0.5, 0.6) is 0 Å². The highest BCUT2D eigenvalue weighted by molar-refractivity contribution is 5.76. The van der Waals surface area contributed by atoms with Crippen LogP contribution in [0.3, 0.4) is 0 Å². The third kappa shape index (κ3) is 4.15. The van der Waals surface area contributed by atoms with E-state index in [4.69, 9.17) is 0 Å². The summed E-state index contributed by atoms with van der Waals surface area (Å²) in [5.74, 6) is -0.315. The fraction of sp³-hybridized carbons (Fsp3) is 0.333. The van der Waals surface area contributed by atoms with Gasteiger partial charge in [-0.3, -0.25) is 4.79 Å². The molecule has 7 heteroatoms. The lowest BCUT2D eigenvalue weighted by atomic mass is 10.0. The van der Waals surface area contributed by atoms with E-state index in [0.29, 0.717) is 6.54 Å². The van der Waals surface area contributed by atoms with Crippen LogP contribution in [0.4, 0.5) is 5.82 Å². The maximum atomic E-state index is 12.0. The molecule has 2 aromatic rings. The fourth-order valence-electron chi connectivity index (χ4n) is 2.16. The minimum Gasteiger partial charge on any atom is -0.358 e. The van der Waals surface area contributed by atoms with E-state index in [1.54, 1.807) is 0 Å². The summed E-state index contributed by atoms with van der Waals surface area (Å²) in [6, 6.07) is 11.1. The molecule has 1 amide bonds. The third-order valence-electron chi connectivity index (χ3n) is 3.33. The number of carbonyl (C=O) groups excluding carboxylic acids is 1. The highest BCUT2D eigenvalue weighted by Crippen LogP contribution is 2.16. The minimum atomic E-state index is -0.556. The molecule has 1 aromatic carbocycles. The molecule has 0 bridgehead atoms. The highest BCUT2D eigenvalue weighted by atomic mass is 16.6. The number of nitro groups is 1. The molecular weight excluding hydrogens is 284 g/mol. The molecule has 116 valence electrons. The largest absolute Gasteiger partial charge is 0.389 e. The van der Waals surface area contributed by atoms with Crippen molar-refractivity contribution in [1.29, 1.82) is 0 Å². The maximum Gasteiger partial charge on any atom is 0.389 e. The van der Waals surface area contributed by atoms with Gasteiger partial charge in [-0.2, -0.15) is 4.68 Å². The number of rotatable bonds is 7. The van der Waals surface area contributed by atoms with Crippen molar-refractivity contribution in [2.45, 2.75) is 32.4 Å². The lowest BCUT2D eigenvalue weighted by Gasteiger charge is -2.17. The van der Waals surface area contributed by atoms with E-state index in [1.807, 2.05) is 37.3 Å². The van der Waals surface area contributed by atoms with Gasteiger partial charge in [0.15, 0.2) is 0 Å². The first-order chi connectivity index (χ1) is 10.6. The number of benzene rings is 1. The lowest BCUT2D eigenvalue weighted by Crippen LogP contribution is -2.28. The van der Waals surface area contributed by atoms with Crippen molar-refractivity contribution in [2.75, 3.05) is 0 Å². The second-order valence-corrected chi connectivity index (χ2v) is 4.88. The van der Waals surface area contributed by atoms with Gasteiger partial charge in [-0.25, -0.2) is 0 Å². The van der Waals surface area contributed by atoms with Crippen molar-refractivity contribution in [3.05, 3.63) is 58.3 Å². The van der Waals surface area contributed by atoms with Gasteiger partial charge in [0, 0.05) is 6.42 Å². The van der Waals surface area contributed by atoms with Gasteiger partial charge in [0.1, 0.15) is 0 Å². The zero-order valence-electron chi connectivity index (χ0n) is 12.3. The van der Waals surface area contributed by atoms with Crippen molar-refractivity contribution in [3.8, 4) is 0 Å². The van der Waals surface area contributed by atoms with Crippen molar-refractivity contribution >= 4 is 11.7 Å². The molecule has 0 saturated heterocycles. The summed E-state index contributed by atoms with van der Waals surface area (Å²) >= 11 is 0. The van der Waals surface area contributed by atoms with Crippen molar-refractivity contribution in [2.24, 2.45) is 0 Å². The summed E-state index contributed by atoms with van der Waals surface area (Å²) in [6.45, 7) is 2.32. The van der Waals surface area contributed by atoms with E-state index in [-0.39, 0.29) is 24.2 Å². The van der Waals surface area contributed by atoms with E-state index in [2.05, 4.69) is 10.4 Å². The molecule has 0 spiro atoms. The van der Waals surface area contributed by atoms with Gasteiger partial charge >= 0.3 is 5.82 Å². The molecule has 1 N–H and O–H groups in total. The van der Waals surface area contributed by atoms with Crippen LogP contribution in [-0.4, -0.2) is 20.6 Å². The molecule has 1 heterocycles. The molecule has 0 aliphatic carbocycles. The van der Waals surface area contributed by atoms with Gasteiger partial charge in [0.05, 0.1) is 29.9 Å². The molecule has 0 fully saturated rings. The number of aryl methyl sites for hydroxylation is 1. The number of nitrogens with one attached hydrogen (secondary N) is 1. The molecule has 1 unspecified atom stereocenters. The smallest absolute Gasteiger partial charge is 0.358 e. The predicted octanol–water partition coefficient (Wildman–Crippen LogP) is 2.45. The molecule has 0 aliphatic heterocycles. The standard InChI is InChI=1S/C15H18N4O3/c1-2-13(12-6-4-3-5-7-12)16-15(20)9-11-18-10-8-14(17-18)19(21)22/h3-8,10,13H,2,9,11H2,1H3,(H,16,20). The highest BCUT2D eigenvalue weighted by Gasteiger charge is 2.14. The molecule has 1 atom stereocenters. The number of aromatic nitrogens is 2. The summed E-state index contributed by atoms with van der Waals surface area (Å²) in [5, 5.41) is 17.3. The van der Waals surface area contributed by atoms with E-state index < -0.39 is 4.92 Å². The Balaban J connectivity index is 1.87. The molecule has 1 aromatic heterocycles. The zero-order valence-corrected chi connectivity index (χ0v) is 12.3. The van der Waals surface area contributed by atoms with Crippen LogP contribution in [0, 0.1) is 10.1 Å². The summed E-state index contributed by atoms with van der Waals surface area (Å²) in [7, 11) is 0. The fourth-order valence-corrected chi connectivity index (χ4v) is 2.16. The van der Waals surface area contributed by atoms with E-state index in [1.165, 1.54) is 16.9 Å². The quantitative estimate of drug-likeness (QED) is 0.628. The molecule has 0 saturated carbocycles. The van der Waals surface area contributed by atoms with E-state index >= 15 is 0 Å². The normalized spacial score (nSPS) is 11.9. The van der Waals surface area contributed by atoms with Crippen LogP contribution in [0.25, 0.3) is 0 Å². The van der Waals surface area contributed by atoms with Crippen LogP contribution < -0.4 is 5.32 Å². The summed E-state index contributed by atoms with van der Waals surface area (Å²) in [4.78, 5) is 22.0. The molecule has 0 aliphatic rings. The Bertz CT molecular complexity index is 639. The summed E-state index contributed by atoms with van der Waals surface area (Å²) in [5.41, 5.74) is 1.06. The van der Waals surface area contributed by atoms with Crippen molar-refractivity contribution in [3.63, 3.8) is 0 Å². The average Bonchev–Trinajstić information content (AvgIpc) is 3.01. The van der Waals surface area contributed by atoms with Gasteiger partial charge < -0.3 is 15.4 Å². The topological polar surface area (TPSA) is 90.1 Å². The number of amides is 1. The summed E-state index contributed by atoms with van der Waals surface area (Å²) in [6.07, 6.45) is 2.52. The monoisotopic (exact) mass is 302 g/mol. The van der Waals surface area contributed by atoms with Gasteiger partial charge in [0.2, 0.25) is 5.91 Å². The molecule has 0 radical (unpaired) electrons. The predicted molar refractivity (Wildman–Crippen MR) is 81.1 cm³/mol. The molecule has 2 rings (SSSR count). The van der Waals surface area contributed by atoms with Gasteiger partial charge in [-0.1, -0.05) is 37.3 Å². The Morgan fingerprint density at radius 3 is 2.68 bits per heavy atom. The first-order valence-corrected chi connectivity index (χ1v) is 7.12. The molecular formula is C15H18N4O3. The van der Waals surface area contributed by atoms with Crippen LogP contribution in [0.2, 0.25) is 0 Å². The Morgan fingerprint density at radius 1 is 1.36 bits per heavy atom. The van der Waals surface area contributed by atoms with Gasteiger partial charge in [0.25, 0.3) is 0 Å². The van der Waals surface area contributed by atoms with Crippen LogP contribution in [-0.2, 0) is 11.3 Å². The zero-order chi connectivity index (χ0) is 15.9. The Hall–Kier alpha value is -2.70. The Morgan fingerprint density at radius 2 is 2.09 bits per heavy atom. The van der Waals surface area contributed by atoms with Crippen molar-refractivity contribution < 1.29 is 9.72 Å². The van der Waals surface area contributed by atoms with E-state index in [9.17, 15) is 14.9 Å². The minimum absolute atomic E-state index is 0.0272. The molecule has 22 heavy (non-hydrogen) atoms. The van der Waals surface area contributed by atoms with Gasteiger partial charge in [-0.15, -0.1) is 0 Å².